The first kappa shape index (κ1) is 28.2. The molecule has 0 bridgehead atoms. The zero-order valence-corrected chi connectivity index (χ0v) is 23.7. The van der Waals surface area contributed by atoms with Crippen LogP contribution in [-0.2, 0) is 9.47 Å². The van der Waals surface area contributed by atoms with Crippen LogP contribution in [0.15, 0.2) is 53.5 Å². The van der Waals surface area contributed by atoms with Crippen molar-refractivity contribution in [3.8, 4) is 11.4 Å². The molecule has 2 aromatic heterocycles. The fraction of sp³-hybridized carbons (Fsp3) is 0.393. The molecule has 0 radical (unpaired) electrons. The lowest BCUT2D eigenvalue weighted by Gasteiger charge is -2.19. The smallest absolute Gasteiger partial charge is 0.414 e. The minimum absolute atomic E-state index is 0.182. The Morgan fingerprint density at radius 3 is 2.85 bits per heavy atom. The summed E-state index contributed by atoms with van der Waals surface area (Å²) in [6.07, 6.45) is 1.71. The van der Waals surface area contributed by atoms with Gasteiger partial charge in [-0.15, -0.1) is 11.3 Å². The van der Waals surface area contributed by atoms with Gasteiger partial charge in [-0.1, -0.05) is 11.6 Å². The van der Waals surface area contributed by atoms with Crippen molar-refractivity contribution in [1.82, 2.24) is 14.8 Å². The highest BCUT2D eigenvalue weighted by Gasteiger charge is 2.33. The van der Waals surface area contributed by atoms with E-state index in [2.05, 4.69) is 10.2 Å². The number of nitrogens with zero attached hydrogens (tertiary/aromatic N) is 3. The molecule has 12 heteroatoms. The van der Waals surface area contributed by atoms with Crippen LogP contribution >= 0.6 is 22.9 Å². The van der Waals surface area contributed by atoms with E-state index in [9.17, 15) is 14.4 Å². The van der Waals surface area contributed by atoms with Gasteiger partial charge >= 0.3 is 6.09 Å². The Kier molecular flexibility index (Phi) is 9.05. The number of carbonyl (C=O) groups is 2. The van der Waals surface area contributed by atoms with Gasteiger partial charge in [0.15, 0.2) is 5.75 Å². The Morgan fingerprint density at radius 2 is 2.05 bits per heavy atom. The van der Waals surface area contributed by atoms with Crippen LogP contribution in [0.2, 0.25) is 4.34 Å². The summed E-state index contributed by atoms with van der Waals surface area (Å²) in [7, 11) is 0. The van der Waals surface area contributed by atoms with Crippen molar-refractivity contribution in [3.05, 3.63) is 73.8 Å². The monoisotopic (exact) mass is 586 g/mol. The zero-order chi connectivity index (χ0) is 28.1. The first-order chi connectivity index (χ1) is 19.4. The first-order valence-electron chi connectivity index (χ1n) is 13.2. The van der Waals surface area contributed by atoms with Gasteiger partial charge in [0.1, 0.15) is 12.7 Å². The quantitative estimate of drug-likeness (QED) is 0.408. The van der Waals surface area contributed by atoms with Gasteiger partial charge in [-0.3, -0.25) is 24.0 Å². The van der Waals surface area contributed by atoms with E-state index in [-0.39, 0.29) is 30.3 Å². The number of halogens is 1. The fourth-order valence-corrected chi connectivity index (χ4v) is 5.69. The largest absolute Gasteiger partial charge is 0.487 e. The second kappa shape index (κ2) is 12.9. The molecule has 0 unspecified atom stereocenters. The third-order valence-electron chi connectivity index (χ3n) is 6.81. The van der Waals surface area contributed by atoms with Gasteiger partial charge in [-0.05, 0) is 61.4 Å². The van der Waals surface area contributed by atoms with Crippen molar-refractivity contribution >= 4 is 40.6 Å². The maximum atomic E-state index is 13.2. The van der Waals surface area contributed by atoms with Crippen LogP contribution in [0.25, 0.3) is 5.69 Å². The molecule has 10 nitrogen and oxygen atoms in total. The van der Waals surface area contributed by atoms with E-state index in [1.807, 2.05) is 13.0 Å². The van der Waals surface area contributed by atoms with E-state index < -0.39 is 12.2 Å². The summed E-state index contributed by atoms with van der Waals surface area (Å²) in [5.74, 6) is 0.0228. The number of cyclic esters (lactones) is 1. The van der Waals surface area contributed by atoms with Crippen molar-refractivity contribution in [2.24, 2.45) is 0 Å². The number of ether oxygens (including phenoxy) is 3. The summed E-state index contributed by atoms with van der Waals surface area (Å²) in [6.45, 7) is 6.80. The minimum atomic E-state index is -0.495. The molecular weight excluding hydrogens is 556 g/mol. The van der Waals surface area contributed by atoms with Crippen LogP contribution < -0.4 is 20.5 Å². The van der Waals surface area contributed by atoms with Gasteiger partial charge < -0.3 is 19.5 Å². The van der Waals surface area contributed by atoms with Gasteiger partial charge in [-0.25, -0.2) is 4.79 Å². The van der Waals surface area contributed by atoms with E-state index in [0.717, 1.165) is 38.2 Å². The standard InChI is InChI=1S/C28H31ClN4O6S/c1-19-16-20(33-18-21(39-28(33)36)17-30-26(34)24-7-8-25(29)40-24)5-6-22(19)32-10-2-4-23(27(32)35)38-15-12-31-9-3-13-37-14-11-31/h2,4-8,10,16,21H,3,9,11-15,17-18H2,1H3,(H,30,34)/t21-/m0/s1. The lowest BCUT2D eigenvalue weighted by molar-refractivity contribution is 0.0920. The molecule has 2 aliphatic heterocycles. The van der Waals surface area contributed by atoms with Crippen molar-refractivity contribution < 1.29 is 23.8 Å². The van der Waals surface area contributed by atoms with Gasteiger partial charge in [0.2, 0.25) is 0 Å². The molecule has 0 saturated carbocycles. The molecule has 5 rings (SSSR count). The number of carbonyl (C=O) groups excluding carboxylic acids is 2. The van der Waals surface area contributed by atoms with E-state index in [0.29, 0.717) is 33.8 Å². The number of thiophene rings is 1. The molecule has 0 spiro atoms. The van der Waals surface area contributed by atoms with Crippen LogP contribution in [0.5, 0.6) is 5.75 Å². The number of anilines is 1. The van der Waals surface area contributed by atoms with Gasteiger partial charge in [-0.2, -0.15) is 0 Å². The molecule has 1 atom stereocenters. The summed E-state index contributed by atoms with van der Waals surface area (Å²) < 4.78 is 18.9. The van der Waals surface area contributed by atoms with Crippen LogP contribution in [0.3, 0.4) is 0 Å². The van der Waals surface area contributed by atoms with Gasteiger partial charge in [0, 0.05) is 38.1 Å². The topological polar surface area (TPSA) is 102 Å². The number of pyridine rings is 1. The van der Waals surface area contributed by atoms with Crippen LogP contribution in [-0.4, -0.2) is 80.1 Å². The van der Waals surface area contributed by atoms with Crippen molar-refractivity contribution in [3.63, 3.8) is 0 Å². The highest BCUT2D eigenvalue weighted by atomic mass is 35.5. The second-order valence-corrected chi connectivity index (χ2v) is 11.3. The second-order valence-electron chi connectivity index (χ2n) is 9.60. The van der Waals surface area contributed by atoms with Crippen molar-refractivity contribution in [2.75, 3.05) is 57.4 Å². The number of hydrogen-bond donors (Lipinski definition) is 1. The molecular formula is C28H31ClN4O6S. The number of hydrogen-bond acceptors (Lipinski definition) is 8. The van der Waals surface area contributed by atoms with Gasteiger partial charge in [0.25, 0.3) is 11.5 Å². The molecule has 3 aromatic rings. The predicted molar refractivity (Wildman–Crippen MR) is 153 cm³/mol. The average Bonchev–Trinajstić information content (AvgIpc) is 3.44. The fourth-order valence-electron chi connectivity index (χ4n) is 4.73. The third kappa shape index (κ3) is 6.67. The highest BCUT2D eigenvalue weighted by Crippen LogP contribution is 2.26. The number of amides is 2. The molecule has 1 aromatic carbocycles. The summed E-state index contributed by atoms with van der Waals surface area (Å²) >= 11 is 7.09. The predicted octanol–water partition coefficient (Wildman–Crippen LogP) is 3.72. The van der Waals surface area contributed by atoms with Crippen LogP contribution in [0.1, 0.15) is 21.7 Å². The number of aromatic nitrogens is 1. The Hall–Kier alpha value is -3.38. The maximum absolute atomic E-state index is 13.2. The third-order valence-corrected chi connectivity index (χ3v) is 8.04. The summed E-state index contributed by atoms with van der Waals surface area (Å²) in [6, 6.07) is 12.2. The lowest BCUT2D eigenvalue weighted by Crippen LogP contribution is -2.34. The molecule has 2 fully saturated rings. The van der Waals surface area contributed by atoms with Crippen molar-refractivity contribution in [1.29, 1.82) is 0 Å². The molecule has 2 amide bonds. The molecule has 0 aliphatic carbocycles. The summed E-state index contributed by atoms with van der Waals surface area (Å²) in [5.41, 5.74) is 1.89. The molecule has 2 saturated heterocycles. The summed E-state index contributed by atoms with van der Waals surface area (Å²) in [5, 5.41) is 2.79. The lowest BCUT2D eigenvalue weighted by atomic mass is 10.1. The Bertz CT molecular complexity index is 1420. The number of rotatable bonds is 9. The van der Waals surface area contributed by atoms with Crippen LogP contribution in [0, 0.1) is 6.92 Å². The zero-order valence-electron chi connectivity index (χ0n) is 22.1. The molecule has 2 aliphatic rings. The molecule has 40 heavy (non-hydrogen) atoms. The average molecular weight is 587 g/mol. The van der Waals surface area contributed by atoms with Gasteiger partial charge in [0.05, 0.1) is 34.6 Å². The Balaban J connectivity index is 1.21. The number of nitrogens with one attached hydrogen (secondary N) is 1. The normalized spacial score (nSPS) is 17.9. The number of benzene rings is 1. The molecule has 212 valence electrons. The Labute approximate surface area is 241 Å². The Morgan fingerprint density at radius 1 is 1.18 bits per heavy atom. The molecule has 4 heterocycles. The summed E-state index contributed by atoms with van der Waals surface area (Å²) in [4.78, 5) is 42.4. The van der Waals surface area contributed by atoms with E-state index in [4.69, 9.17) is 25.8 Å². The maximum Gasteiger partial charge on any atom is 0.414 e. The van der Waals surface area contributed by atoms with E-state index in [1.165, 1.54) is 16.2 Å². The number of aryl methyl sites for hydroxylation is 1. The van der Waals surface area contributed by atoms with Crippen molar-refractivity contribution in [2.45, 2.75) is 19.4 Å². The molecule has 1 N–H and O–H groups in total. The first-order valence-corrected chi connectivity index (χ1v) is 14.4. The van der Waals surface area contributed by atoms with E-state index in [1.54, 1.807) is 47.2 Å². The SMILES string of the molecule is Cc1cc(N2C[C@H](CNC(=O)c3ccc(Cl)s3)OC2=O)ccc1-n1cccc(OCCN2CCCOCC2)c1=O. The minimum Gasteiger partial charge on any atom is -0.487 e. The highest BCUT2D eigenvalue weighted by molar-refractivity contribution is 7.18. The van der Waals surface area contributed by atoms with Crippen LogP contribution in [0.4, 0.5) is 10.5 Å². The van der Waals surface area contributed by atoms with E-state index >= 15 is 0 Å².